The predicted octanol–water partition coefficient (Wildman–Crippen LogP) is -1.93. The summed E-state index contributed by atoms with van der Waals surface area (Å²) < 4.78 is 0. The number of hydrogen-bond donors (Lipinski definition) is 6. The molecule has 4 heterocycles. The Hall–Kier alpha value is -4.23. The van der Waals surface area contributed by atoms with E-state index in [1.165, 1.54) is 4.90 Å². The van der Waals surface area contributed by atoms with Crippen LogP contribution in [0.2, 0.25) is 0 Å². The molecule has 2 aromatic carbocycles. The van der Waals surface area contributed by atoms with Crippen LogP contribution in [0.1, 0.15) is 28.8 Å². The number of nitrogens with two attached hydrogens (primary N) is 2. The van der Waals surface area contributed by atoms with Crippen LogP contribution in [0.5, 0.6) is 0 Å². The van der Waals surface area contributed by atoms with Crippen LogP contribution >= 0.6 is 0 Å². The zero-order chi connectivity index (χ0) is 27.0. The minimum absolute atomic E-state index is 0.0621. The summed E-state index contributed by atoms with van der Waals surface area (Å²) >= 11 is 0. The number of amides is 3. The molecular weight excluding hydrogens is 492 g/mol. The molecule has 1 spiro atoms. The highest BCUT2D eigenvalue weighted by atomic mass is 16.5. The molecule has 0 radical (unpaired) electrons. The van der Waals surface area contributed by atoms with Crippen molar-refractivity contribution in [2.24, 2.45) is 21.5 Å². The molecule has 0 aliphatic carbocycles. The Morgan fingerprint density at radius 1 is 1.13 bits per heavy atom. The summed E-state index contributed by atoms with van der Waals surface area (Å²) in [5.74, 6) is -3.96. The van der Waals surface area contributed by atoms with Gasteiger partial charge in [0.25, 0.3) is 5.91 Å². The van der Waals surface area contributed by atoms with Gasteiger partial charge in [0, 0.05) is 24.9 Å². The first-order valence-corrected chi connectivity index (χ1v) is 12.3. The van der Waals surface area contributed by atoms with E-state index in [1.54, 1.807) is 12.1 Å². The first-order chi connectivity index (χ1) is 18.0. The Kier molecular flexibility index (Phi) is 5.16. The first-order valence-electron chi connectivity index (χ1n) is 12.3. The van der Waals surface area contributed by atoms with Crippen LogP contribution in [0.15, 0.2) is 46.4 Å². The van der Waals surface area contributed by atoms with Crippen LogP contribution in [0, 0.1) is 6.92 Å². The lowest BCUT2D eigenvalue weighted by atomic mass is 9.84. The molecule has 0 saturated carbocycles. The third-order valence-corrected chi connectivity index (χ3v) is 7.99. The lowest BCUT2D eigenvalue weighted by Crippen LogP contribution is -2.78. The molecule has 4 atom stereocenters. The van der Waals surface area contributed by atoms with Gasteiger partial charge in [-0.15, -0.1) is 0 Å². The summed E-state index contributed by atoms with van der Waals surface area (Å²) in [6, 6.07) is 7.90. The molecule has 4 aliphatic heterocycles. The van der Waals surface area contributed by atoms with E-state index >= 15 is 0 Å². The van der Waals surface area contributed by atoms with Gasteiger partial charge in [-0.2, -0.15) is 0 Å². The van der Waals surface area contributed by atoms with Crippen molar-refractivity contribution < 1.29 is 24.6 Å². The number of nitrogens with zero attached hydrogens (tertiary/aromatic N) is 4. The Morgan fingerprint density at radius 2 is 1.82 bits per heavy atom. The minimum atomic E-state index is -2.63. The molecule has 0 bridgehead atoms. The zero-order valence-corrected chi connectivity index (χ0v) is 20.6. The SMILES string of the molecule is Cc1cccc2cccc(C(=O)NC3CN4C(N)=N[C@@H](CN5C(=O)CCC5=O)[C@@H]5N=C(N)N[C@@]54C3(O)O)c12. The van der Waals surface area contributed by atoms with Gasteiger partial charge >= 0.3 is 0 Å². The van der Waals surface area contributed by atoms with Gasteiger partial charge in [0.15, 0.2) is 17.6 Å². The number of likely N-dealkylation sites (tertiary alicyclic amines) is 1. The number of benzene rings is 2. The molecule has 13 heteroatoms. The van der Waals surface area contributed by atoms with Crippen molar-refractivity contribution in [1.29, 1.82) is 0 Å². The number of fused-ring (bicyclic) bond motifs is 1. The third-order valence-electron chi connectivity index (χ3n) is 7.99. The minimum Gasteiger partial charge on any atom is -0.370 e. The molecule has 4 aliphatic rings. The van der Waals surface area contributed by atoms with Gasteiger partial charge in [0.2, 0.25) is 17.6 Å². The van der Waals surface area contributed by atoms with E-state index < -0.39 is 35.5 Å². The molecule has 2 saturated heterocycles. The van der Waals surface area contributed by atoms with E-state index in [4.69, 9.17) is 11.5 Å². The summed E-state index contributed by atoms with van der Waals surface area (Å²) in [6.45, 7) is 1.65. The maximum absolute atomic E-state index is 13.5. The molecule has 8 N–H and O–H groups in total. The number of rotatable bonds is 4. The molecule has 6 rings (SSSR count). The van der Waals surface area contributed by atoms with Crippen molar-refractivity contribution in [3.63, 3.8) is 0 Å². The van der Waals surface area contributed by atoms with Gasteiger partial charge < -0.3 is 37.2 Å². The Morgan fingerprint density at radius 3 is 2.53 bits per heavy atom. The largest absolute Gasteiger partial charge is 0.370 e. The van der Waals surface area contributed by atoms with Crippen molar-refractivity contribution in [1.82, 2.24) is 20.4 Å². The van der Waals surface area contributed by atoms with E-state index in [1.807, 2.05) is 31.2 Å². The Labute approximate surface area is 217 Å². The van der Waals surface area contributed by atoms with Crippen LogP contribution in [0.4, 0.5) is 0 Å². The number of carbonyl (C=O) groups excluding carboxylic acids is 3. The summed E-state index contributed by atoms with van der Waals surface area (Å²) in [5.41, 5.74) is 11.8. The predicted molar refractivity (Wildman–Crippen MR) is 136 cm³/mol. The molecule has 1 unspecified atom stereocenters. The number of hydrogen-bond acceptors (Lipinski definition) is 11. The van der Waals surface area contributed by atoms with Crippen molar-refractivity contribution in [3.8, 4) is 0 Å². The number of aliphatic hydroxyl groups is 2. The van der Waals surface area contributed by atoms with Gasteiger partial charge in [0.1, 0.15) is 12.1 Å². The average Bonchev–Trinajstić information content (AvgIpc) is 3.47. The van der Waals surface area contributed by atoms with E-state index in [2.05, 4.69) is 20.6 Å². The molecule has 0 aromatic heterocycles. The third kappa shape index (κ3) is 3.21. The van der Waals surface area contributed by atoms with Gasteiger partial charge in [-0.05, 0) is 29.3 Å². The average molecular weight is 521 g/mol. The maximum Gasteiger partial charge on any atom is 0.252 e. The number of aliphatic imine (C=N–C) groups is 2. The summed E-state index contributed by atoms with van der Waals surface area (Å²) in [6.07, 6.45) is 0.198. The van der Waals surface area contributed by atoms with Gasteiger partial charge in [0.05, 0.1) is 12.6 Å². The van der Waals surface area contributed by atoms with Crippen LogP contribution in [-0.2, 0) is 9.59 Å². The highest BCUT2D eigenvalue weighted by molar-refractivity contribution is 6.08. The quantitative estimate of drug-likeness (QED) is 0.196. The topological polar surface area (TPSA) is 199 Å². The zero-order valence-electron chi connectivity index (χ0n) is 20.6. The Bertz CT molecular complexity index is 1430. The van der Waals surface area contributed by atoms with Crippen LogP contribution in [-0.4, -0.2) is 92.3 Å². The van der Waals surface area contributed by atoms with E-state index in [-0.39, 0.29) is 49.7 Å². The maximum atomic E-state index is 13.5. The highest BCUT2D eigenvalue weighted by Gasteiger charge is 2.73. The summed E-state index contributed by atoms with van der Waals surface area (Å²) in [7, 11) is 0. The number of nitrogens with one attached hydrogen (secondary N) is 2. The van der Waals surface area contributed by atoms with Crippen molar-refractivity contribution in [2.45, 2.75) is 49.3 Å². The summed E-state index contributed by atoms with van der Waals surface area (Å²) in [5, 5.41) is 30.5. The smallest absolute Gasteiger partial charge is 0.252 e. The molecule has 2 fully saturated rings. The highest BCUT2D eigenvalue weighted by Crippen LogP contribution is 2.45. The normalized spacial score (nSPS) is 29.6. The summed E-state index contributed by atoms with van der Waals surface area (Å²) in [4.78, 5) is 49.4. The van der Waals surface area contributed by atoms with E-state index in [0.717, 1.165) is 21.2 Å². The molecule has 3 amide bonds. The molecular formula is C25H28N8O5. The van der Waals surface area contributed by atoms with Gasteiger partial charge in [-0.1, -0.05) is 30.3 Å². The monoisotopic (exact) mass is 520 g/mol. The van der Waals surface area contributed by atoms with Crippen molar-refractivity contribution in [2.75, 3.05) is 13.1 Å². The fraction of sp³-hybridized carbons (Fsp3) is 0.400. The lowest BCUT2D eigenvalue weighted by Gasteiger charge is -2.49. The lowest BCUT2D eigenvalue weighted by molar-refractivity contribution is -0.230. The van der Waals surface area contributed by atoms with E-state index in [9.17, 15) is 24.6 Å². The molecule has 2 aromatic rings. The number of aryl methyl sites for hydroxylation is 1. The van der Waals surface area contributed by atoms with Gasteiger partial charge in [-0.3, -0.25) is 19.3 Å². The second-order valence-electron chi connectivity index (χ2n) is 10.1. The standard InChI is InChI=1S/C25H28N8O5/c1-12-4-2-5-13-6-3-7-14(19(12)13)21(36)29-16-11-33-23(27)28-15(10-32-17(34)8-9-18(32)35)20-24(33,25(16,37)38)31-22(26)30-20/h2-7,15-16,20,37-38H,8-11H2,1H3,(H2,27,28)(H,29,36)(H3,26,30,31)/t15-,16?,20-,24-/m0/s1. The second-order valence-corrected chi connectivity index (χ2v) is 10.1. The fourth-order valence-electron chi connectivity index (χ4n) is 6.20. The number of imide groups is 1. The molecule has 13 nitrogen and oxygen atoms in total. The molecule has 198 valence electrons. The van der Waals surface area contributed by atoms with Crippen LogP contribution in [0.3, 0.4) is 0 Å². The van der Waals surface area contributed by atoms with Crippen LogP contribution < -0.4 is 22.1 Å². The number of guanidine groups is 2. The van der Waals surface area contributed by atoms with Gasteiger partial charge in [-0.25, -0.2) is 9.98 Å². The molecule has 38 heavy (non-hydrogen) atoms. The van der Waals surface area contributed by atoms with Crippen molar-refractivity contribution >= 4 is 40.4 Å². The fourth-order valence-corrected chi connectivity index (χ4v) is 6.20. The van der Waals surface area contributed by atoms with Crippen molar-refractivity contribution in [3.05, 3.63) is 47.5 Å². The van der Waals surface area contributed by atoms with Crippen LogP contribution in [0.25, 0.3) is 10.8 Å². The first kappa shape index (κ1) is 24.1. The Balaban J connectivity index is 1.34. The second kappa shape index (κ2) is 8.13. The number of carbonyl (C=O) groups is 3. The van der Waals surface area contributed by atoms with E-state index in [0.29, 0.717) is 5.56 Å².